The molecular formula is C42H40N2. The second-order valence-corrected chi connectivity index (χ2v) is 11.5. The molecule has 0 unspecified atom stereocenters. The Kier molecular flexibility index (Phi) is 8.89. The summed E-state index contributed by atoms with van der Waals surface area (Å²) in [7, 11) is 0. The molecule has 0 aliphatic rings. The van der Waals surface area contributed by atoms with E-state index in [9.17, 15) is 0 Å². The maximum Gasteiger partial charge on any atom is 0.0464 e. The second-order valence-electron chi connectivity index (χ2n) is 11.5. The van der Waals surface area contributed by atoms with Crippen molar-refractivity contribution in [3.05, 3.63) is 168 Å². The summed E-state index contributed by atoms with van der Waals surface area (Å²) in [4.78, 5) is 4.66. The zero-order valence-corrected chi connectivity index (χ0v) is 25.9. The number of nitrogens with zero attached hydrogens (tertiary/aromatic N) is 2. The van der Waals surface area contributed by atoms with Crippen LogP contribution in [0.5, 0.6) is 0 Å². The van der Waals surface area contributed by atoms with Crippen molar-refractivity contribution in [2.24, 2.45) is 0 Å². The molecule has 0 saturated heterocycles. The van der Waals surface area contributed by atoms with Crippen LogP contribution in [0.15, 0.2) is 152 Å². The minimum atomic E-state index is 1.13. The van der Waals surface area contributed by atoms with Gasteiger partial charge in [-0.2, -0.15) is 0 Å². The van der Waals surface area contributed by atoms with Gasteiger partial charge in [-0.1, -0.05) is 97.8 Å². The maximum atomic E-state index is 2.34. The molecule has 0 atom stereocenters. The van der Waals surface area contributed by atoms with Gasteiger partial charge in [0.15, 0.2) is 0 Å². The van der Waals surface area contributed by atoms with E-state index in [-0.39, 0.29) is 0 Å². The number of para-hydroxylation sites is 1. The van der Waals surface area contributed by atoms with E-state index in [2.05, 4.69) is 182 Å². The average Bonchev–Trinajstić information content (AvgIpc) is 3.07. The van der Waals surface area contributed by atoms with Crippen molar-refractivity contribution < 1.29 is 0 Å². The van der Waals surface area contributed by atoms with Crippen molar-refractivity contribution >= 4 is 34.1 Å². The molecule has 6 aromatic rings. The number of aryl methyl sites for hydroxylation is 3. The molecule has 2 nitrogen and oxygen atoms in total. The first-order chi connectivity index (χ1) is 21.6. The molecule has 0 N–H and O–H groups in total. The highest BCUT2D eigenvalue weighted by molar-refractivity contribution is 5.80. The van der Waals surface area contributed by atoms with Crippen molar-refractivity contribution in [3.63, 3.8) is 0 Å². The Morgan fingerprint density at radius 1 is 0.409 bits per heavy atom. The van der Waals surface area contributed by atoms with Crippen LogP contribution in [0.1, 0.15) is 36.5 Å². The standard InChI is InChI=1S/C42H40N2/c1-4-5-11-34-17-25-39(26-18-34)43(38-23-15-32(2)16-24-38)40-27-19-35(20-28-40)36-21-29-41(30-22-36)44(37-12-7-6-8-13-37)42-14-9-10-33(3)31-42/h6-10,12-31H,4-5,11H2,1-3H3. The van der Waals surface area contributed by atoms with Crippen LogP contribution < -0.4 is 9.80 Å². The molecule has 0 aromatic heterocycles. The fraction of sp³-hybridized carbons (Fsp3) is 0.143. The van der Waals surface area contributed by atoms with Crippen LogP contribution in [-0.4, -0.2) is 0 Å². The lowest BCUT2D eigenvalue weighted by molar-refractivity contribution is 0.795. The number of anilines is 6. The summed E-state index contributed by atoms with van der Waals surface area (Å²) in [6.07, 6.45) is 3.56. The van der Waals surface area contributed by atoms with E-state index < -0.39 is 0 Å². The molecule has 6 aromatic carbocycles. The molecule has 0 bridgehead atoms. The topological polar surface area (TPSA) is 6.48 Å². The molecule has 0 radical (unpaired) electrons. The van der Waals surface area contributed by atoms with Gasteiger partial charge < -0.3 is 9.80 Å². The number of benzene rings is 6. The van der Waals surface area contributed by atoms with E-state index >= 15 is 0 Å². The Labute approximate surface area is 262 Å². The van der Waals surface area contributed by atoms with E-state index in [0.29, 0.717) is 0 Å². The zero-order chi connectivity index (χ0) is 30.3. The average molecular weight is 573 g/mol. The van der Waals surface area contributed by atoms with Gasteiger partial charge in [-0.15, -0.1) is 0 Å². The highest BCUT2D eigenvalue weighted by atomic mass is 15.1. The van der Waals surface area contributed by atoms with Gasteiger partial charge in [0.1, 0.15) is 0 Å². The van der Waals surface area contributed by atoms with Crippen LogP contribution in [0.3, 0.4) is 0 Å². The quantitative estimate of drug-likeness (QED) is 0.161. The van der Waals surface area contributed by atoms with Gasteiger partial charge in [0.05, 0.1) is 0 Å². The molecule has 44 heavy (non-hydrogen) atoms. The predicted octanol–water partition coefficient (Wildman–Crippen LogP) is 12.3. The fourth-order valence-corrected chi connectivity index (χ4v) is 5.73. The third kappa shape index (κ3) is 6.61. The van der Waals surface area contributed by atoms with E-state index in [1.807, 2.05) is 0 Å². The summed E-state index contributed by atoms with van der Waals surface area (Å²) in [5.41, 5.74) is 13.2. The van der Waals surface area contributed by atoms with Gasteiger partial charge in [0.25, 0.3) is 0 Å². The molecule has 0 amide bonds. The van der Waals surface area contributed by atoms with Gasteiger partial charge >= 0.3 is 0 Å². The summed E-state index contributed by atoms with van der Waals surface area (Å²) in [6, 6.07) is 54.9. The molecule has 0 aliphatic heterocycles. The Hall–Kier alpha value is -5.08. The summed E-state index contributed by atoms with van der Waals surface area (Å²) in [5.74, 6) is 0. The number of unbranched alkanes of at least 4 members (excludes halogenated alkanes) is 1. The van der Waals surface area contributed by atoms with Gasteiger partial charge in [-0.25, -0.2) is 0 Å². The molecule has 218 valence electrons. The molecule has 6 rings (SSSR count). The minimum Gasteiger partial charge on any atom is -0.311 e. The summed E-state index contributed by atoms with van der Waals surface area (Å²) >= 11 is 0. The third-order valence-corrected chi connectivity index (χ3v) is 8.16. The third-order valence-electron chi connectivity index (χ3n) is 8.16. The van der Waals surface area contributed by atoms with Gasteiger partial charge in [-0.3, -0.25) is 0 Å². The molecule has 0 fully saturated rings. The Balaban J connectivity index is 1.29. The van der Waals surface area contributed by atoms with Crippen LogP contribution in [-0.2, 0) is 6.42 Å². The second kappa shape index (κ2) is 13.5. The monoisotopic (exact) mass is 572 g/mol. The van der Waals surface area contributed by atoms with Gasteiger partial charge in [0, 0.05) is 34.1 Å². The zero-order valence-electron chi connectivity index (χ0n) is 25.9. The van der Waals surface area contributed by atoms with Crippen molar-refractivity contribution in [2.45, 2.75) is 40.0 Å². The first kappa shape index (κ1) is 29.0. The Morgan fingerprint density at radius 2 is 0.864 bits per heavy atom. The molecule has 0 saturated carbocycles. The Morgan fingerprint density at radius 3 is 1.39 bits per heavy atom. The largest absolute Gasteiger partial charge is 0.311 e. The van der Waals surface area contributed by atoms with Crippen molar-refractivity contribution in [1.82, 2.24) is 0 Å². The smallest absolute Gasteiger partial charge is 0.0464 e. The number of hydrogen-bond acceptors (Lipinski definition) is 2. The molecule has 0 spiro atoms. The van der Waals surface area contributed by atoms with Crippen molar-refractivity contribution in [3.8, 4) is 11.1 Å². The fourth-order valence-electron chi connectivity index (χ4n) is 5.73. The lowest BCUT2D eigenvalue weighted by Gasteiger charge is -2.26. The van der Waals surface area contributed by atoms with Crippen LogP contribution in [0, 0.1) is 13.8 Å². The van der Waals surface area contributed by atoms with E-state index in [4.69, 9.17) is 0 Å². The van der Waals surface area contributed by atoms with E-state index in [1.165, 1.54) is 46.3 Å². The minimum absolute atomic E-state index is 1.13. The SMILES string of the molecule is CCCCc1ccc(N(c2ccc(C)cc2)c2ccc(-c3ccc(N(c4ccccc4)c4cccc(C)c4)cc3)cc2)cc1. The van der Waals surface area contributed by atoms with Gasteiger partial charge in [-0.05, 0) is 122 Å². The lowest BCUT2D eigenvalue weighted by Crippen LogP contribution is -2.10. The Bertz CT molecular complexity index is 1770. The van der Waals surface area contributed by atoms with Crippen LogP contribution in [0.2, 0.25) is 0 Å². The van der Waals surface area contributed by atoms with Crippen molar-refractivity contribution in [2.75, 3.05) is 9.80 Å². The van der Waals surface area contributed by atoms with Crippen LogP contribution in [0.4, 0.5) is 34.1 Å². The normalized spacial score (nSPS) is 10.9. The van der Waals surface area contributed by atoms with Crippen molar-refractivity contribution in [1.29, 1.82) is 0 Å². The number of hydrogen-bond donors (Lipinski definition) is 0. The molecule has 0 aliphatic carbocycles. The highest BCUT2D eigenvalue weighted by Gasteiger charge is 2.15. The summed E-state index contributed by atoms with van der Waals surface area (Å²) in [5, 5.41) is 0. The van der Waals surface area contributed by atoms with E-state index in [0.717, 1.165) is 34.9 Å². The first-order valence-corrected chi connectivity index (χ1v) is 15.7. The molecule has 0 heterocycles. The highest BCUT2D eigenvalue weighted by Crippen LogP contribution is 2.38. The van der Waals surface area contributed by atoms with Crippen LogP contribution in [0.25, 0.3) is 11.1 Å². The molecule has 2 heteroatoms. The summed E-state index contributed by atoms with van der Waals surface area (Å²) < 4.78 is 0. The molecular weight excluding hydrogens is 532 g/mol. The lowest BCUT2D eigenvalue weighted by atomic mass is 10.0. The predicted molar refractivity (Wildman–Crippen MR) is 189 cm³/mol. The van der Waals surface area contributed by atoms with E-state index in [1.54, 1.807) is 0 Å². The maximum absolute atomic E-state index is 2.34. The van der Waals surface area contributed by atoms with Crippen LogP contribution >= 0.6 is 0 Å². The van der Waals surface area contributed by atoms with Gasteiger partial charge in [0.2, 0.25) is 0 Å². The first-order valence-electron chi connectivity index (χ1n) is 15.7. The number of rotatable bonds is 10. The summed E-state index contributed by atoms with van der Waals surface area (Å²) in [6.45, 7) is 6.52.